The van der Waals surface area contributed by atoms with Crippen LogP contribution in [0.2, 0.25) is 0 Å². The predicted octanol–water partition coefficient (Wildman–Crippen LogP) is 2.95. The molecule has 2 bridgehead atoms. The Hall–Kier alpha value is -3.63. The highest BCUT2D eigenvalue weighted by Gasteiger charge is 2.85. The Bertz CT molecular complexity index is 1410. The van der Waals surface area contributed by atoms with E-state index in [1.54, 1.807) is 0 Å². The average Bonchev–Trinajstić information content (AvgIpc) is 3.59. The lowest BCUT2D eigenvalue weighted by atomic mass is 9.74. The molecule has 0 aliphatic carbocycles. The molecule has 3 heterocycles. The smallest absolute Gasteiger partial charge is 0.344 e. The number of carboxylic acid groups (broad SMARTS) is 3. The van der Waals surface area contributed by atoms with Crippen molar-refractivity contribution in [3.05, 3.63) is 46.7 Å². The lowest BCUT2D eigenvalue weighted by molar-refractivity contribution is -0.374. The summed E-state index contributed by atoms with van der Waals surface area (Å²) in [6.07, 6.45) is -4.75. The van der Waals surface area contributed by atoms with Crippen LogP contribution >= 0.6 is 11.3 Å². The van der Waals surface area contributed by atoms with Crippen molar-refractivity contribution in [1.29, 1.82) is 0 Å². The lowest BCUT2D eigenvalue weighted by Gasteiger charge is -2.48. The molecule has 0 aromatic carbocycles. The van der Waals surface area contributed by atoms with Crippen LogP contribution in [0, 0.1) is 17.8 Å². The number of hydrogen-bond donors (Lipinski definition) is 5. The first-order valence-corrected chi connectivity index (χ1v) is 16.5. The third-order valence-corrected chi connectivity index (χ3v) is 9.75. The molecule has 5 N–H and O–H groups in total. The van der Waals surface area contributed by atoms with Crippen LogP contribution in [0.4, 0.5) is 0 Å². The van der Waals surface area contributed by atoms with Gasteiger partial charge in [0.2, 0.25) is 23.1 Å². The normalized spacial score (nSPS) is 30.6. The van der Waals surface area contributed by atoms with Gasteiger partial charge in [-0.05, 0) is 59.1 Å². The summed E-state index contributed by atoms with van der Waals surface area (Å²) in [6, 6.07) is 1.90. The van der Waals surface area contributed by atoms with Crippen molar-refractivity contribution in [1.82, 2.24) is 0 Å². The van der Waals surface area contributed by atoms with Gasteiger partial charge in [0.15, 0.2) is 6.10 Å². The summed E-state index contributed by atoms with van der Waals surface area (Å²) in [5.74, 6) is -11.3. The Kier molecular flexibility index (Phi) is 12.4. The van der Waals surface area contributed by atoms with Gasteiger partial charge in [-0.1, -0.05) is 46.8 Å². The van der Waals surface area contributed by atoms with Crippen LogP contribution in [0.25, 0.3) is 0 Å². The fourth-order valence-corrected chi connectivity index (χ4v) is 7.06. The topological polar surface area (TPSA) is 223 Å². The van der Waals surface area contributed by atoms with E-state index in [2.05, 4.69) is 6.58 Å². The highest BCUT2D eigenvalue weighted by atomic mass is 32.1. The summed E-state index contributed by atoms with van der Waals surface area (Å²) in [5.41, 5.74) is -6.21. The van der Waals surface area contributed by atoms with Gasteiger partial charge in [-0.25, -0.2) is 19.2 Å². The number of aliphatic hydroxyl groups excluding tert-OH is 1. The van der Waals surface area contributed by atoms with Crippen molar-refractivity contribution in [2.45, 2.75) is 108 Å². The fraction of sp³-hybridized carbons (Fsp3) is 0.606. The molecular weight excluding hydrogens is 652 g/mol. The number of aliphatic hydroxyl groups is 2. The monoisotopic (exact) mass is 696 g/mol. The maximum absolute atomic E-state index is 13.0. The highest BCUT2D eigenvalue weighted by molar-refractivity contribution is 7.07. The summed E-state index contributed by atoms with van der Waals surface area (Å²) in [7, 11) is 0. The molecule has 2 aliphatic rings. The molecule has 2 fully saturated rings. The lowest BCUT2D eigenvalue weighted by Crippen LogP contribution is -2.78. The van der Waals surface area contributed by atoms with Gasteiger partial charge in [-0.3, -0.25) is 4.79 Å². The van der Waals surface area contributed by atoms with E-state index in [1.165, 1.54) is 24.3 Å². The third kappa shape index (κ3) is 7.49. The maximum Gasteiger partial charge on any atom is 0.344 e. The number of esters is 2. The van der Waals surface area contributed by atoms with Gasteiger partial charge in [0.25, 0.3) is 0 Å². The first-order valence-electron chi connectivity index (χ1n) is 15.6. The molecule has 2 saturated heterocycles. The van der Waals surface area contributed by atoms with Crippen LogP contribution in [0.1, 0.15) is 65.9 Å². The van der Waals surface area contributed by atoms with E-state index in [4.69, 9.17) is 18.9 Å². The van der Waals surface area contributed by atoms with Crippen molar-refractivity contribution < 1.29 is 68.5 Å². The molecule has 0 amide bonds. The Morgan fingerprint density at radius 2 is 1.79 bits per heavy atom. The summed E-state index contributed by atoms with van der Waals surface area (Å²) in [6.45, 7) is 12.9. The molecule has 2 aliphatic heterocycles. The molecule has 0 saturated carbocycles. The molecular formula is C33H44O14S. The zero-order valence-electron chi connectivity index (χ0n) is 27.5. The van der Waals surface area contributed by atoms with Gasteiger partial charge >= 0.3 is 29.8 Å². The second-order valence-electron chi connectivity index (χ2n) is 12.8. The van der Waals surface area contributed by atoms with Crippen LogP contribution in [-0.4, -0.2) is 96.8 Å². The molecule has 48 heavy (non-hydrogen) atoms. The van der Waals surface area contributed by atoms with Gasteiger partial charge in [-0.2, -0.15) is 11.3 Å². The van der Waals surface area contributed by atoms with Gasteiger partial charge in [0.05, 0.1) is 0 Å². The van der Waals surface area contributed by atoms with Crippen LogP contribution in [0.15, 0.2) is 41.1 Å². The molecule has 15 heteroatoms. The SMILES string of the molecule is C=C(CC[C@]12O[C@H](C(=O)O)[C@@](O)(C(=O)O)[C@](C(=O)O)(O1)[C@H](OC(=O)/C=C/[C@@H](C)C[C@@H](C)CC)[C@H]2O)[C@@H](OC(C)=O)[C@@H](C)Cc1ccsc1. The van der Waals surface area contributed by atoms with Crippen molar-refractivity contribution in [3.8, 4) is 0 Å². The third-order valence-electron chi connectivity index (χ3n) is 9.02. The predicted molar refractivity (Wildman–Crippen MR) is 169 cm³/mol. The summed E-state index contributed by atoms with van der Waals surface area (Å²) in [5, 5.41) is 57.2. The number of allylic oxidation sites excluding steroid dienone is 1. The number of thiophene rings is 1. The van der Waals surface area contributed by atoms with Crippen molar-refractivity contribution in [2.75, 3.05) is 0 Å². The molecule has 0 unspecified atom stereocenters. The molecule has 266 valence electrons. The summed E-state index contributed by atoms with van der Waals surface area (Å²) >= 11 is 1.48. The number of carbonyl (C=O) groups is 5. The molecule has 3 rings (SSSR count). The van der Waals surface area contributed by atoms with Gasteiger partial charge < -0.3 is 44.5 Å². The minimum absolute atomic E-state index is 0.120. The number of carboxylic acids is 3. The summed E-state index contributed by atoms with van der Waals surface area (Å²) < 4.78 is 22.0. The Balaban J connectivity index is 2.02. The first kappa shape index (κ1) is 38.8. The quantitative estimate of drug-likeness (QED) is 0.0898. The fourth-order valence-electron chi connectivity index (χ4n) is 6.38. The van der Waals surface area contributed by atoms with E-state index < -0.39 is 77.7 Å². The Labute approximate surface area is 281 Å². The minimum Gasteiger partial charge on any atom is -0.479 e. The molecule has 10 atom stereocenters. The number of aliphatic carboxylic acids is 3. The zero-order valence-corrected chi connectivity index (χ0v) is 28.3. The standard InChI is InChI=1S/C33H44O14S/c1-7-17(2)14-18(3)8-9-23(35)45-26-25(36)31(46-27(28(37)38)32(43,29(39)40)33(26,47-31)30(41)42)12-10-19(4)24(44-21(6)34)20(5)15-22-11-13-48-16-22/h8-9,11,13,16-18,20,24-27,36,43H,4,7,10,12,14-15H2,1-3,5-6H3,(H,37,38)(H,39,40)(H,41,42)/b9-8+/t17-,18+,20-,24+,25+,26+,27+,31-,32+,33-/m0/s1. The minimum atomic E-state index is -3.89. The van der Waals surface area contributed by atoms with E-state index in [-0.39, 0.29) is 23.8 Å². The van der Waals surface area contributed by atoms with Crippen LogP contribution in [-0.2, 0) is 49.3 Å². The number of carbonyl (C=O) groups excluding carboxylic acids is 2. The van der Waals surface area contributed by atoms with Crippen LogP contribution in [0.3, 0.4) is 0 Å². The van der Waals surface area contributed by atoms with E-state index in [9.17, 15) is 49.5 Å². The molecule has 0 spiro atoms. The molecule has 1 aromatic rings. The zero-order chi connectivity index (χ0) is 36.2. The second-order valence-corrected chi connectivity index (χ2v) is 13.5. The second kappa shape index (κ2) is 15.3. The highest BCUT2D eigenvalue weighted by Crippen LogP contribution is 2.56. The average molecular weight is 697 g/mol. The first-order chi connectivity index (χ1) is 22.4. The van der Waals surface area contributed by atoms with Crippen molar-refractivity contribution >= 4 is 41.2 Å². The number of ether oxygens (including phenoxy) is 4. The number of fused-ring (bicyclic) bond motifs is 2. The number of hydrogen-bond acceptors (Lipinski definition) is 12. The summed E-state index contributed by atoms with van der Waals surface area (Å²) in [4.78, 5) is 62.8. The van der Waals surface area contributed by atoms with Crippen LogP contribution < -0.4 is 0 Å². The number of rotatable bonds is 17. The van der Waals surface area contributed by atoms with Gasteiger partial charge in [-0.15, -0.1) is 0 Å². The Morgan fingerprint density at radius 3 is 2.31 bits per heavy atom. The largest absolute Gasteiger partial charge is 0.479 e. The van der Waals surface area contributed by atoms with Gasteiger partial charge in [0.1, 0.15) is 12.2 Å². The van der Waals surface area contributed by atoms with Crippen LogP contribution in [0.5, 0.6) is 0 Å². The van der Waals surface area contributed by atoms with Crippen molar-refractivity contribution in [2.24, 2.45) is 17.8 Å². The van der Waals surface area contributed by atoms with E-state index in [0.717, 1.165) is 18.1 Å². The van der Waals surface area contributed by atoms with E-state index in [0.29, 0.717) is 18.8 Å². The van der Waals surface area contributed by atoms with E-state index >= 15 is 0 Å². The molecule has 0 radical (unpaired) electrons. The molecule has 1 aromatic heterocycles. The van der Waals surface area contributed by atoms with Gasteiger partial charge in [0, 0.05) is 25.3 Å². The maximum atomic E-state index is 13.0. The molecule has 14 nitrogen and oxygen atoms in total. The van der Waals surface area contributed by atoms with E-state index in [1.807, 2.05) is 44.5 Å². The Morgan fingerprint density at radius 1 is 1.12 bits per heavy atom. The van der Waals surface area contributed by atoms with Crippen molar-refractivity contribution in [3.63, 3.8) is 0 Å².